The fourth-order valence-corrected chi connectivity index (χ4v) is 2.17. The summed E-state index contributed by atoms with van der Waals surface area (Å²) >= 11 is 0. The Morgan fingerprint density at radius 3 is 2.52 bits per heavy atom. The van der Waals surface area contributed by atoms with E-state index in [4.69, 9.17) is 0 Å². The normalized spacial score (nSPS) is 10.6. The maximum atomic E-state index is 12.1. The van der Waals surface area contributed by atoms with E-state index in [0.29, 0.717) is 10.9 Å². The summed E-state index contributed by atoms with van der Waals surface area (Å²) in [7, 11) is 3.30. The lowest BCUT2D eigenvalue weighted by Gasteiger charge is -2.14. The summed E-state index contributed by atoms with van der Waals surface area (Å²) in [5, 5.41) is 9.67. The van der Waals surface area contributed by atoms with Gasteiger partial charge < -0.3 is 14.6 Å². The van der Waals surface area contributed by atoms with Crippen LogP contribution >= 0.6 is 0 Å². The van der Waals surface area contributed by atoms with Gasteiger partial charge in [0, 0.05) is 38.5 Å². The third-order valence-corrected chi connectivity index (χ3v) is 3.30. The van der Waals surface area contributed by atoms with Crippen molar-refractivity contribution in [3.05, 3.63) is 46.2 Å². The van der Waals surface area contributed by atoms with E-state index in [1.165, 1.54) is 9.47 Å². The minimum Gasteiger partial charge on any atom is -0.478 e. The molecule has 0 bridgehead atoms. The number of benzene rings is 1. The molecule has 0 aliphatic heterocycles. The first kappa shape index (κ1) is 14.8. The largest absolute Gasteiger partial charge is 0.478 e. The molecule has 0 atom stereocenters. The molecule has 0 aliphatic carbocycles. The fraction of sp³-hybridized carbons (Fsp3) is 0.267. The van der Waals surface area contributed by atoms with Crippen LogP contribution in [0.25, 0.3) is 10.9 Å². The molecular weight excluding hydrogens is 272 g/mol. The fourth-order valence-electron chi connectivity index (χ4n) is 2.17. The summed E-state index contributed by atoms with van der Waals surface area (Å²) in [5.41, 5.74) is 0.0809. The van der Waals surface area contributed by atoms with Crippen LogP contribution < -0.4 is 5.56 Å². The second kappa shape index (κ2) is 5.78. The zero-order valence-electron chi connectivity index (χ0n) is 11.9. The van der Waals surface area contributed by atoms with Crippen molar-refractivity contribution in [2.45, 2.75) is 13.0 Å². The van der Waals surface area contributed by atoms with E-state index < -0.39 is 11.5 Å². The number of aromatic nitrogens is 1. The summed E-state index contributed by atoms with van der Waals surface area (Å²) in [6.07, 6.45) is 0.184. The Kier molecular flexibility index (Phi) is 4.07. The molecule has 0 spiro atoms. The number of fused-ring (bicyclic) bond motifs is 1. The minimum absolute atomic E-state index is 0.0224. The zero-order chi connectivity index (χ0) is 15.6. The van der Waals surface area contributed by atoms with Crippen LogP contribution in [0.4, 0.5) is 0 Å². The number of rotatable bonds is 4. The number of aryl methyl sites for hydroxylation is 1. The number of nitrogens with zero attached hydrogens (tertiary/aromatic N) is 2. The number of amides is 1. The molecule has 1 heterocycles. The van der Waals surface area contributed by atoms with Crippen molar-refractivity contribution in [1.82, 2.24) is 9.47 Å². The Morgan fingerprint density at radius 1 is 1.24 bits per heavy atom. The number of hydrogen-bond donors (Lipinski definition) is 1. The van der Waals surface area contributed by atoms with Gasteiger partial charge in [-0.1, -0.05) is 18.2 Å². The number of aromatic carboxylic acids is 1. The lowest BCUT2D eigenvalue weighted by molar-refractivity contribution is -0.128. The van der Waals surface area contributed by atoms with E-state index in [1.54, 1.807) is 38.4 Å². The van der Waals surface area contributed by atoms with Gasteiger partial charge >= 0.3 is 5.97 Å². The number of carbonyl (C=O) groups excluding carboxylic acids is 1. The highest BCUT2D eigenvalue weighted by Gasteiger charge is 2.14. The van der Waals surface area contributed by atoms with E-state index in [1.807, 2.05) is 0 Å². The van der Waals surface area contributed by atoms with Crippen molar-refractivity contribution < 1.29 is 14.7 Å². The second-order valence-corrected chi connectivity index (χ2v) is 4.91. The quantitative estimate of drug-likeness (QED) is 0.916. The Labute approximate surface area is 121 Å². The molecule has 0 fully saturated rings. The first-order valence-electron chi connectivity index (χ1n) is 6.48. The standard InChI is InChI=1S/C15H16N2O4/c1-16(2)13(18)7-8-17-12-6-4-3-5-10(12)11(15(20)21)9-14(17)19/h3-6,9H,7-8H2,1-2H3,(H,20,21). The Bertz CT molecular complexity index is 762. The van der Waals surface area contributed by atoms with Gasteiger partial charge in [-0.3, -0.25) is 9.59 Å². The van der Waals surface area contributed by atoms with E-state index in [2.05, 4.69) is 0 Å². The number of carboxylic acid groups (broad SMARTS) is 1. The van der Waals surface area contributed by atoms with Crippen LogP contribution in [0.3, 0.4) is 0 Å². The van der Waals surface area contributed by atoms with Crippen LogP contribution in [0.2, 0.25) is 0 Å². The maximum Gasteiger partial charge on any atom is 0.336 e. The van der Waals surface area contributed by atoms with Crippen LogP contribution in [-0.2, 0) is 11.3 Å². The Hall–Kier alpha value is -2.63. The van der Waals surface area contributed by atoms with Gasteiger partial charge in [0.25, 0.3) is 5.56 Å². The van der Waals surface area contributed by atoms with Gasteiger partial charge in [0.15, 0.2) is 0 Å². The van der Waals surface area contributed by atoms with Gasteiger partial charge in [0.2, 0.25) is 5.91 Å². The van der Waals surface area contributed by atoms with E-state index >= 15 is 0 Å². The number of carbonyl (C=O) groups is 2. The number of pyridine rings is 1. The van der Waals surface area contributed by atoms with E-state index in [-0.39, 0.29) is 24.4 Å². The van der Waals surface area contributed by atoms with Crippen molar-refractivity contribution in [3.8, 4) is 0 Å². The van der Waals surface area contributed by atoms with Crippen LogP contribution in [0.5, 0.6) is 0 Å². The molecule has 0 saturated heterocycles. The van der Waals surface area contributed by atoms with Gasteiger partial charge in [-0.05, 0) is 6.07 Å². The molecule has 21 heavy (non-hydrogen) atoms. The highest BCUT2D eigenvalue weighted by atomic mass is 16.4. The SMILES string of the molecule is CN(C)C(=O)CCn1c(=O)cc(C(=O)O)c2ccccc21. The van der Waals surface area contributed by atoms with Crippen molar-refractivity contribution >= 4 is 22.8 Å². The van der Waals surface area contributed by atoms with Gasteiger partial charge in [0.1, 0.15) is 0 Å². The van der Waals surface area contributed by atoms with Crippen molar-refractivity contribution in [2.75, 3.05) is 14.1 Å². The summed E-state index contributed by atoms with van der Waals surface area (Å²) in [4.78, 5) is 36.5. The van der Waals surface area contributed by atoms with Gasteiger partial charge in [0.05, 0.1) is 11.1 Å². The molecule has 6 heteroatoms. The molecule has 1 amide bonds. The lowest BCUT2D eigenvalue weighted by Crippen LogP contribution is -2.27. The summed E-state index contributed by atoms with van der Waals surface area (Å²) in [6.45, 7) is 0.219. The minimum atomic E-state index is -1.14. The molecule has 110 valence electrons. The first-order valence-corrected chi connectivity index (χ1v) is 6.48. The van der Waals surface area contributed by atoms with E-state index in [0.717, 1.165) is 6.07 Å². The third-order valence-electron chi connectivity index (χ3n) is 3.30. The average molecular weight is 288 g/mol. The van der Waals surface area contributed by atoms with Crippen LogP contribution in [0, 0.1) is 0 Å². The molecular formula is C15H16N2O4. The van der Waals surface area contributed by atoms with Gasteiger partial charge in [-0.15, -0.1) is 0 Å². The maximum absolute atomic E-state index is 12.1. The predicted octanol–water partition coefficient (Wildman–Crippen LogP) is 1.18. The summed E-state index contributed by atoms with van der Waals surface area (Å²) < 4.78 is 1.43. The molecule has 0 aliphatic rings. The number of carboxylic acids is 1. The second-order valence-electron chi connectivity index (χ2n) is 4.91. The molecule has 6 nitrogen and oxygen atoms in total. The zero-order valence-corrected chi connectivity index (χ0v) is 11.9. The van der Waals surface area contributed by atoms with Crippen LogP contribution in [0.1, 0.15) is 16.8 Å². The van der Waals surface area contributed by atoms with Crippen LogP contribution in [-0.4, -0.2) is 40.5 Å². The Morgan fingerprint density at radius 2 is 1.90 bits per heavy atom. The molecule has 1 N–H and O–H groups in total. The van der Waals surface area contributed by atoms with Gasteiger partial charge in [-0.25, -0.2) is 4.79 Å². The number of hydrogen-bond acceptors (Lipinski definition) is 3. The topological polar surface area (TPSA) is 79.6 Å². The Balaban J connectivity index is 2.52. The molecule has 2 aromatic rings. The molecule has 0 radical (unpaired) electrons. The van der Waals surface area contributed by atoms with Crippen molar-refractivity contribution in [3.63, 3.8) is 0 Å². The monoisotopic (exact) mass is 288 g/mol. The lowest BCUT2D eigenvalue weighted by atomic mass is 10.1. The molecule has 1 aromatic carbocycles. The smallest absolute Gasteiger partial charge is 0.336 e. The van der Waals surface area contributed by atoms with Crippen LogP contribution in [0.15, 0.2) is 35.1 Å². The van der Waals surface area contributed by atoms with Crippen molar-refractivity contribution in [2.24, 2.45) is 0 Å². The van der Waals surface area contributed by atoms with E-state index in [9.17, 15) is 19.5 Å². The third kappa shape index (κ3) is 2.94. The van der Waals surface area contributed by atoms with Gasteiger partial charge in [-0.2, -0.15) is 0 Å². The average Bonchev–Trinajstić information content (AvgIpc) is 2.44. The molecule has 0 saturated carbocycles. The summed E-state index contributed by atoms with van der Waals surface area (Å²) in [6, 6.07) is 7.89. The highest BCUT2D eigenvalue weighted by Crippen LogP contribution is 2.17. The van der Waals surface area contributed by atoms with Crippen molar-refractivity contribution in [1.29, 1.82) is 0 Å². The first-order chi connectivity index (χ1) is 9.91. The number of para-hydroxylation sites is 1. The molecule has 1 aromatic heterocycles. The summed E-state index contributed by atoms with van der Waals surface area (Å²) in [5.74, 6) is -1.23. The highest BCUT2D eigenvalue weighted by molar-refractivity contribution is 6.02. The molecule has 2 rings (SSSR count). The molecule has 0 unspecified atom stereocenters. The predicted molar refractivity (Wildman–Crippen MR) is 78.5 cm³/mol.